The van der Waals surface area contributed by atoms with Crippen molar-refractivity contribution in [2.24, 2.45) is 11.5 Å². The van der Waals surface area contributed by atoms with E-state index < -0.39 is 11.9 Å². The Morgan fingerprint density at radius 3 is 2.06 bits per heavy atom. The molecule has 1 unspecified atom stereocenters. The summed E-state index contributed by atoms with van der Waals surface area (Å²) in [7, 11) is 0. The molecule has 0 aliphatic heterocycles. The summed E-state index contributed by atoms with van der Waals surface area (Å²) in [6.07, 6.45) is 0.239. The fourth-order valence-electron chi connectivity index (χ4n) is 1.05. The van der Waals surface area contributed by atoms with Crippen molar-refractivity contribution in [1.82, 2.24) is 0 Å². The number of rotatable bonds is 3. The summed E-state index contributed by atoms with van der Waals surface area (Å²) in [5.41, 5.74) is 11.0. The van der Waals surface area contributed by atoms with Crippen molar-refractivity contribution in [2.45, 2.75) is 40.2 Å². The molecule has 104 valence electrons. The van der Waals surface area contributed by atoms with Crippen LogP contribution in [0, 0.1) is 0 Å². The summed E-state index contributed by atoms with van der Waals surface area (Å²) >= 11 is 0. The summed E-state index contributed by atoms with van der Waals surface area (Å²) < 4.78 is 0. The monoisotopic (exact) mass is 256 g/mol. The van der Waals surface area contributed by atoms with E-state index in [2.05, 4.69) is 0 Å². The molecule has 0 saturated carbocycles. The van der Waals surface area contributed by atoms with E-state index in [1.54, 1.807) is 6.07 Å². The second-order valence-corrected chi connectivity index (χ2v) is 3.04. The number of hydrogen-bond acceptors (Lipinski definition) is 4. The highest BCUT2D eigenvalue weighted by Gasteiger charge is 2.10. The zero-order chi connectivity index (χ0) is 14.7. The largest absolute Gasteiger partial charge is 0.504 e. The number of primary amides is 1. The number of nitrogens with two attached hydrogens (primary N) is 2. The lowest BCUT2D eigenvalue weighted by Gasteiger charge is -2.07. The third-order valence-corrected chi connectivity index (χ3v) is 1.86. The maximum atomic E-state index is 10.6. The van der Waals surface area contributed by atoms with Gasteiger partial charge in [-0.25, -0.2) is 0 Å². The molecule has 0 spiro atoms. The Morgan fingerprint density at radius 1 is 1.17 bits per heavy atom. The quantitative estimate of drug-likeness (QED) is 0.614. The molecule has 1 aromatic rings. The van der Waals surface area contributed by atoms with Crippen molar-refractivity contribution >= 4 is 5.91 Å². The predicted octanol–water partition coefficient (Wildman–Crippen LogP) is 1.51. The van der Waals surface area contributed by atoms with Gasteiger partial charge in [0, 0.05) is 0 Å². The molecule has 1 amide bonds. The first-order valence-electron chi connectivity index (χ1n) is 6.06. The second-order valence-electron chi connectivity index (χ2n) is 3.04. The predicted molar refractivity (Wildman–Crippen MR) is 73.3 cm³/mol. The smallest absolute Gasteiger partial charge is 0.234 e. The number of amides is 1. The zero-order valence-corrected chi connectivity index (χ0v) is 11.5. The van der Waals surface area contributed by atoms with Gasteiger partial charge in [0.05, 0.1) is 6.04 Å². The van der Waals surface area contributed by atoms with Gasteiger partial charge in [-0.1, -0.05) is 33.8 Å². The molecule has 0 heterocycles. The van der Waals surface area contributed by atoms with Crippen LogP contribution in [-0.4, -0.2) is 22.2 Å². The van der Waals surface area contributed by atoms with Crippen molar-refractivity contribution in [3.8, 4) is 11.5 Å². The van der Waals surface area contributed by atoms with E-state index in [0.29, 0.717) is 5.56 Å². The maximum absolute atomic E-state index is 10.6. The van der Waals surface area contributed by atoms with Crippen LogP contribution in [0.25, 0.3) is 0 Å². The summed E-state index contributed by atoms with van der Waals surface area (Å²) in [5, 5.41) is 18.2. The number of benzene rings is 1. The Bertz CT molecular complexity index is 354. The molecule has 6 N–H and O–H groups in total. The third-order valence-electron chi connectivity index (χ3n) is 1.86. The average Bonchev–Trinajstić information content (AvgIpc) is 2.38. The van der Waals surface area contributed by atoms with Gasteiger partial charge in [0.25, 0.3) is 0 Å². The van der Waals surface area contributed by atoms with Gasteiger partial charge in [-0.05, 0) is 24.1 Å². The number of aromatic hydroxyl groups is 2. The SMILES string of the molecule is CC.CC.NC(=O)C(N)Cc1ccc(O)c(O)c1. The lowest BCUT2D eigenvalue weighted by molar-refractivity contribution is -0.119. The molecule has 0 aliphatic carbocycles. The van der Waals surface area contributed by atoms with E-state index in [1.807, 2.05) is 27.7 Å². The van der Waals surface area contributed by atoms with Crippen LogP contribution in [0.4, 0.5) is 0 Å². The van der Waals surface area contributed by atoms with Crippen LogP contribution in [0.15, 0.2) is 18.2 Å². The highest BCUT2D eigenvalue weighted by atomic mass is 16.3. The van der Waals surface area contributed by atoms with Gasteiger partial charge in [-0.2, -0.15) is 0 Å². The molecule has 0 aliphatic rings. The maximum Gasteiger partial charge on any atom is 0.234 e. The van der Waals surface area contributed by atoms with Crippen LogP contribution in [0.2, 0.25) is 0 Å². The van der Waals surface area contributed by atoms with Crippen LogP contribution >= 0.6 is 0 Å². The first kappa shape index (κ1) is 18.6. The Labute approximate surface area is 108 Å². The third kappa shape index (κ3) is 6.75. The number of phenols is 2. The van der Waals surface area contributed by atoms with E-state index in [9.17, 15) is 4.79 Å². The second kappa shape index (κ2) is 10.4. The highest BCUT2D eigenvalue weighted by molar-refractivity contribution is 5.79. The van der Waals surface area contributed by atoms with Gasteiger partial charge < -0.3 is 21.7 Å². The molecule has 0 aromatic heterocycles. The van der Waals surface area contributed by atoms with Gasteiger partial charge in [-0.3, -0.25) is 4.79 Å². The molecular weight excluding hydrogens is 232 g/mol. The van der Waals surface area contributed by atoms with Gasteiger partial charge in [0.1, 0.15) is 0 Å². The normalized spacial score (nSPS) is 10.3. The molecule has 5 nitrogen and oxygen atoms in total. The molecule has 18 heavy (non-hydrogen) atoms. The molecule has 1 rings (SSSR count). The van der Waals surface area contributed by atoms with Gasteiger partial charge in [0.15, 0.2) is 11.5 Å². The fraction of sp³-hybridized carbons (Fsp3) is 0.462. The minimum atomic E-state index is -0.779. The molecule has 0 radical (unpaired) electrons. The van der Waals surface area contributed by atoms with Gasteiger partial charge >= 0.3 is 0 Å². The summed E-state index contributed by atoms with van der Waals surface area (Å²) in [6.45, 7) is 8.00. The lowest BCUT2D eigenvalue weighted by Crippen LogP contribution is -2.38. The zero-order valence-electron chi connectivity index (χ0n) is 11.5. The van der Waals surface area contributed by atoms with Crippen LogP contribution < -0.4 is 11.5 Å². The molecule has 0 fully saturated rings. The first-order valence-corrected chi connectivity index (χ1v) is 6.06. The summed E-state index contributed by atoms with van der Waals surface area (Å²) in [4.78, 5) is 10.6. The van der Waals surface area contributed by atoms with Crippen LogP contribution in [0.3, 0.4) is 0 Å². The minimum absolute atomic E-state index is 0.207. The van der Waals surface area contributed by atoms with Crippen molar-refractivity contribution in [2.75, 3.05) is 0 Å². The molecular formula is C13H24N2O3. The van der Waals surface area contributed by atoms with E-state index in [-0.39, 0.29) is 17.9 Å². The van der Waals surface area contributed by atoms with E-state index in [4.69, 9.17) is 21.7 Å². The van der Waals surface area contributed by atoms with Crippen molar-refractivity contribution < 1.29 is 15.0 Å². The van der Waals surface area contributed by atoms with Crippen molar-refractivity contribution in [1.29, 1.82) is 0 Å². The van der Waals surface area contributed by atoms with E-state index in [0.717, 1.165) is 0 Å². The number of phenolic OH excluding ortho intramolecular Hbond substituents is 2. The molecule has 1 atom stereocenters. The average molecular weight is 256 g/mol. The lowest BCUT2D eigenvalue weighted by atomic mass is 10.1. The molecule has 0 saturated heterocycles. The minimum Gasteiger partial charge on any atom is -0.504 e. The van der Waals surface area contributed by atoms with E-state index in [1.165, 1.54) is 12.1 Å². The number of hydrogen-bond donors (Lipinski definition) is 4. The van der Waals surface area contributed by atoms with Crippen molar-refractivity contribution in [3.05, 3.63) is 23.8 Å². The Kier molecular flexibility index (Phi) is 10.8. The summed E-state index contributed by atoms with van der Waals surface area (Å²) in [5.74, 6) is -1.04. The van der Waals surface area contributed by atoms with Crippen LogP contribution in [0.1, 0.15) is 33.3 Å². The van der Waals surface area contributed by atoms with Gasteiger partial charge in [-0.15, -0.1) is 0 Å². The highest BCUT2D eigenvalue weighted by Crippen LogP contribution is 2.25. The molecule has 5 heteroatoms. The summed E-state index contributed by atoms with van der Waals surface area (Å²) in [6, 6.07) is 3.47. The first-order chi connectivity index (χ1) is 8.50. The molecule has 1 aromatic carbocycles. The Hall–Kier alpha value is -1.75. The van der Waals surface area contributed by atoms with Crippen LogP contribution in [-0.2, 0) is 11.2 Å². The van der Waals surface area contributed by atoms with Gasteiger partial charge in [0.2, 0.25) is 5.91 Å². The Balaban J connectivity index is 0. The van der Waals surface area contributed by atoms with Crippen LogP contribution in [0.5, 0.6) is 11.5 Å². The van der Waals surface area contributed by atoms with E-state index >= 15 is 0 Å². The van der Waals surface area contributed by atoms with Crippen molar-refractivity contribution in [3.63, 3.8) is 0 Å². The number of carbonyl (C=O) groups excluding carboxylic acids is 1. The standard InChI is InChI=1S/C9H12N2O3.2C2H6/c10-6(9(11)14)3-5-1-2-7(12)8(13)4-5;2*1-2/h1-2,4,6,12-13H,3,10H2,(H2,11,14);2*1-2H3. The topological polar surface area (TPSA) is 110 Å². The Morgan fingerprint density at radius 2 is 1.67 bits per heavy atom. The fourth-order valence-corrected chi connectivity index (χ4v) is 1.05. The molecule has 0 bridgehead atoms. The number of carbonyl (C=O) groups is 1.